The summed E-state index contributed by atoms with van der Waals surface area (Å²) in [6.07, 6.45) is 1.48. The van der Waals surface area contributed by atoms with E-state index in [1.807, 2.05) is 54.6 Å². The second-order valence-corrected chi connectivity index (χ2v) is 13.3. The molecule has 12 heteroatoms. The van der Waals surface area contributed by atoms with Gasteiger partial charge in [0.25, 0.3) is 17.4 Å². The van der Waals surface area contributed by atoms with Crippen molar-refractivity contribution in [2.45, 2.75) is 11.8 Å². The fourth-order valence-electron chi connectivity index (χ4n) is 5.15. The maximum Gasteiger partial charge on any atom is 0.295 e. The van der Waals surface area contributed by atoms with Crippen LogP contribution in [0.1, 0.15) is 21.8 Å². The van der Waals surface area contributed by atoms with E-state index in [0.717, 1.165) is 14.9 Å². The van der Waals surface area contributed by atoms with Gasteiger partial charge in [-0.1, -0.05) is 64.5 Å². The van der Waals surface area contributed by atoms with Crippen LogP contribution in [0.5, 0.6) is 0 Å². The third kappa shape index (κ3) is 8.48. The molecule has 51 heavy (non-hydrogen) atoms. The van der Waals surface area contributed by atoms with Crippen molar-refractivity contribution in [2.75, 3.05) is 16.4 Å². The zero-order valence-corrected chi connectivity index (χ0v) is 30.0. The first-order valence-electron chi connectivity index (χ1n) is 15.8. The Balaban J connectivity index is 1.12. The van der Waals surface area contributed by atoms with Gasteiger partial charge in [0.2, 0.25) is 5.91 Å². The summed E-state index contributed by atoms with van der Waals surface area (Å²) in [7, 11) is 1.77. The lowest BCUT2D eigenvalue weighted by molar-refractivity contribution is -0.114. The van der Waals surface area contributed by atoms with Crippen LogP contribution < -0.4 is 21.5 Å². The van der Waals surface area contributed by atoms with E-state index in [-0.39, 0.29) is 28.6 Å². The van der Waals surface area contributed by atoms with Crippen molar-refractivity contribution in [1.29, 1.82) is 0 Å². The van der Waals surface area contributed by atoms with Crippen molar-refractivity contribution in [3.63, 3.8) is 0 Å². The lowest BCUT2D eigenvalue weighted by atomic mass is 10.2. The monoisotopic (exact) mass is 761 g/mol. The average Bonchev–Trinajstić information content (AvgIpc) is 3.70. The molecule has 2 heterocycles. The zero-order valence-electron chi connectivity index (χ0n) is 27.6. The first-order chi connectivity index (χ1) is 24.7. The molecule has 0 unspecified atom stereocenters. The third-order valence-electron chi connectivity index (χ3n) is 7.87. The second-order valence-electron chi connectivity index (χ2n) is 11.3. The van der Waals surface area contributed by atoms with Crippen molar-refractivity contribution < 1.29 is 18.8 Å². The molecule has 3 amide bonds. The smallest absolute Gasteiger partial charge is 0.295 e. The number of carbonyl (C=O) groups is 3. The highest BCUT2D eigenvalue weighted by Crippen LogP contribution is 2.26. The predicted octanol–water partition coefficient (Wildman–Crippen LogP) is 7.65. The van der Waals surface area contributed by atoms with Gasteiger partial charge in [0, 0.05) is 39.3 Å². The molecule has 6 rings (SSSR count). The Hall–Kier alpha value is -5.85. The minimum Gasteiger partial charge on any atom is -0.457 e. The van der Waals surface area contributed by atoms with Crippen LogP contribution in [-0.4, -0.2) is 32.8 Å². The molecule has 2 aromatic heterocycles. The van der Waals surface area contributed by atoms with Gasteiger partial charge in [0.05, 0.1) is 17.1 Å². The number of halogens is 1. The Morgan fingerprint density at radius 2 is 1.49 bits per heavy atom. The molecule has 6 aromatic rings. The molecular weight excluding hydrogens is 730 g/mol. The average molecular weight is 763 g/mol. The number of furan rings is 1. The van der Waals surface area contributed by atoms with Gasteiger partial charge < -0.3 is 20.4 Å². The molecule has 0 bridgehead atoms. The number of amides is 3. The first-order valence-corrected chi connectivity index (χ1v) is 17.6. The molecule has 0 saturated carbocycles. The molecule has 3 N–H and O–H groups in total. The Bertz CT molecular complexity index is 2280. The minimum absolute atomic E-state index is 0.0155. The molecule has 0 spiro atoms. The van der Waals surface area contributed by atoms with Crippen LogP contribution in [0.2, 0.25) is 0 Å². The summed E-state index contributed by atoms with van der Waals surface area (Å²) in [5, 5.41) is 8.31. The van der Waals surface area contributed by atoms with Gasteiger partial charge in [-0.2, -0.15) is 0 Å². The molecule has 0 aliphatic carbocycles. The fraction of sp³-hybridized carbons (Fsp3) is 0.0769. The van der Waals surface area contributed by atoms with Crippen molar-refractivity contribution in [3.8, 4) is 17.0 Å². The van der Waals surface area contributed by atoms with E-state index in [1.165, 1.54) is 22.5 Å². The summed E-state index contributed by atoms with van der Waals surface area (Å²) in [5.74, 6) is -0.289. The predicted molar refractivity (Wildman–Crippen MR) is 204 cm³/mol. The summed E-state index contributed by atoms with van der Waals surface area (Å²) in [6.45, 7) is 1.78. The molecule has 256 valence electrons. The number of hydrogen-bond donors (Lipinski definition) is 3. The van der Waals surface area contributed by atoms with Gasteiger partial charge >= 0.3 is 0 Å². The van der Waals surface area contributed by atoms with E-state index in [2.05, 4.69) is 31.9 Å². The van der Waals surface area contributed by atoms with Gasteiger partial charge in [-0.05, 0) is 79.7 Å². The molecular formula is C39H32BrN5O5S. The minimum atomic E-state index is -0.556. The van der Waals surface area contributed by atoms with Crippen molar-refractivity contribution in [1.82, 2.24) is 14.7 Å². The van der Waals surface area contributed by atoms with Gasteiger partial charge in [-0.25, -0.2) is 4.68 Å². The van der Waals surface area contributed by atoms with Gasteiger partial charge in [-0.15, -0.1) is 11.8 Å². The van der Waals surface area contributed by atoms with E-state index in [0.29, 0.717) is 34.2 Å². The largest absolute Gasteiger partial charge is 0.457 e. The molecule has 10 nitrogen and oxygen atoms in total. The van der Waals surface area contributed by atoms with Crippen molar-refractivity contribution in [2.24, 2.45) is 7.05 Å². The van der Waals surface area contributed by atoms with E-state index in [4.69, 9.17) is 4.42 Å². The second kappa shape index (κ2) is 15.8. The molecule has 0 aliphatic heterocycles. The number of anilines is 2. The number of aromatic nitrogens is 2. The lowest BCUT2D eigenvalue weighted by Gasteiger charge is -2.11. The quantitative estimate of drug-likeness (QED) is 0.0920. The van der Waals surface area contributed by atoms with E-state index < -0.39 is 11.8 Å². The van der Waals surface area contributed by atoms with Crippen molar-refractivity contribution in [3.05, 3.63) is 159 Å². The normalized spacial score (nSPS) is 11.2. The zero-order chi connectivity index (χ0) is 35.9. The summed E-state index contributed by atoms with van der Waals surface area (Å²) in [6, 6.07) is 35.9. The number of carbonyl (C=O) groups excluding carboxylic acids is 3. The first kappa shape index (κ1) is 35.0. The third-order valence-corrected chi connectivity index (χ3v) is 9.41. The fourth-order valence-corrected chi connectivity index (χ4v) is 6.12. The summed E-state index contributed by atoms with van der Waals surface area (Å²) < 4.78 is 10.1. The van der Waals surface area contributed by atoms with Crippen LogP contribution in [0.25, 0.3) is 23.1 Å². The van der Waals surface area contributed by atoms with Crippen LogP contribution in [0.3, 0.4) is 0 Å². The van der Waals surface area contributed by atoms with E-state index in [9.17, 15) is 19.2 Å². The van der Waals surface area contributed by atoms with E-state index >= 15 is 0 Å². The Labute approximate surface area is 306 Å². The molecule has 0 aliphatic rings. The summed E-state index contributed by atoms with van der Waals surface area (Å²) in [4.78, 5) is 53.4. The molecule has 0 fully saturated rings. The molecule has 4 aromatic carbocycles. The number of benzene rings is 4. The number of para-hydroxylation sites is 1. The van der Waals surface area contributed by atoms with Gasteiger partial charge in [-0.3, -0.25) is 23.9 Å². The highest BCUT2D eigenvalue weighted by Gasteiger charge is 2.19. The Kier molecular flexibility index (Phi) is 10.8. The van der Waals surface area contributed by atoms with E-state index in [1.54, 1.807) is 85.4 Å². The maximum absolute atomic E-state index is 13.5. The number of rotatable bonds is 11. The molecule has 0 saturated heterocycles. The number of nitrogens with one attached hydrogen (secondary N) is 3. The maximum atomic E-state index is 13.5. The lowest BCUT2D eigenvalue weighted by Crippen LogP contribution is -2.30. The van der Waals surface area contributed by atoms with Crippen LogP contribution in [-0.2, 0) is 16.6 Å². The topological polar surface area (TPSA) is 127 Å². The SMILES string of the molecule is Cc1c(NC(=O)CSc2ccc(NC(=O)C(=Cc3ccc(-c4ccc(Br)cc4)o3)NC(=O)c3ccccc3)cc2)c(=O)n(-c2ccccc2)n1C. The van der Waals surface area contributed by atoms with Crippen LogP contribution in [0.15, 0.2) is 146 Å². The highest BCUT2D eigenvalue weighted by molar-refractivity contribution is 9.10. The van der Waals surface area contributed by atoms with Gasteiger partial charge in [0.15, 0.2) is 0 Å². The molecule has 0 radical (unpaired) electrons. The summed E-state index contributed by atoms with van der Waals surface area (Å²) >= 11 is 4.72. The van der Waals surface area contributed by atoms with Crippen molar-refractivity contribution >= 4 is 62.9 Å². The van der Waals surface area contributed by atoms with Crippen LogP contribution in [0.4, 0.5) is 11.4 Å². The molecule has 0 atom stereocenters. The highest BCUT2D eigenvalue weighted by atomic mass is 79.9. The van der Waals surface area contributed by atoms with Crippen LogP contribution >= 0.6 is 27.7 Å². The Morgan fingerprint density at radius 3 is 2.18 bits per heavy atom. The van der Waals surface area contributed by atoms with Gasteiger partial charge in [0.1, 0.15) is 22.9 Å². The standard InChI is InChI=1S/C39H32BrN5O5S/c1-25-36(39(49)45(44(25)2)30-11-7-4-8-12-30)43-35(46)24-51-32-20-17-29(18-21-32)41-38(48)33(42-37(47)27-9-5-3-6-10-27)23-31-19-22-34(50-31)26-13-15-28(40)16-14-26/h3-23H,24H2,1-2H3,(H,41,48)(H,42,47)(H,43,46). The van der Waals surface area contributed by atoms with Crippen LogP contribution in [0, 0.1) is 6.92 Å². The number of thioether (sulfide) groups is 1. The number of hydrogen-bond acceptors (Lipinski definition) is 6. The summed E-state index contributed by atoms with van der Waals surface area (Å²) in [5.41, 5.74) is 2.95. The number of nitrogens with zero attached hydrogens (tertiary/aromatic N) is 2. The Morgan fingerprint density at radius 1 is 0.824 bits per heavy atom.